The fourth-order valence-electron chi connectivity index (χ4n) is 12.0. The van der Waals surface area contributed by atoms with Gasteiger partial charge in [0.2, 0.25) is 0 Å². The highest BCUT2D eigenvalue weighted by atomic mass is 15.2. The molecule has 0 fully saturated rings. The van der Waals surface area contributed by atoms with Crippen molar-refractivity contribution in [2.45, 2.75) is 0 Å². The fraction of sp³-hybridized carbons (Fsp3) is 0. The highest BCUT2D eigenvalue weighted by molar-refractivity contribution is 7.00. The number of hydrogen-bond donors (Lipinski definition) is 0. The third kappa shape index (κ3) is 4.79. The molecular weight excluding hydrogens is 784 g/mol. The Hall–Kier alpha value is -8.40. The Balaban J connectivity index is 1.07. The second-order valence-electron chi connectivity index (χ2n) is 17.9. The van der Waals surface area contributed by atoms with E-state index in [0.29, 0.717) is 0 Å². The minimum atomic E-state index is -0.00862. The molecule has 0 aromatic heterocycles. The maximum atomic E-state index is 2.60. The molecular formula is C62H37BN2. The molecule has 3 heteroatoms. The van der Waals surface area contributed by atoms with Gasteiger partial charge in [-0.1, -0.05) is 182 Å². The van der Waals surface area contributed by atoms with E-state index in [9.17, 15) is 0 Å². The maximum absolute atomic E-state index is 2.60. The Bertz CT molecular complexity index is 4150. The monoisotopic (exact) mass is 820 g/mol. The average Bonchev–Trinajstić information content (AvgIpc) is 3.37. The van der Waals surface area contributed by atoms with Gasteiger partial charge in [0.05, 0.1) is 5.69 Å². The van der Waals surface area contributed by atoms with E-state index in [4.69, 9.17) is 0 Å². The van der Waals surface area contributed by atoms with Gasteiger partial charge in [0.1, 0.15) is 0 Å². The van der Waals surface area contributed by atoms with Crippen molar-refractivity contribution in [2.75, 3.05) is 9.80 Å². The van der Waals surface area contributed by atoms with E-state index in [2.05, 4.69) is 234 Å². The molecule has 65 heavy (non-hydrogen) atoms. The van der Waals surface area contributed by atoms with Crippen LogP contribution in [0.5, 0.6) is 0 Å². The van der Waals surface area contributed by atoms with Gasteiger partial charge >= 0.3 is 0 Å². The van der Waals surface area contributed by atoms with Gasteiger partial charge in [-0.25, -0.2) is 0 Å². The minimum absolute atomic E-state index is 0.00862. The third-order valence-electron chi connectivity index (χ3n) is 14.7. The summed E-state index contributed by atoms with van der Waals surface area (Å²) >= 11 is 0. The van der Waals surface area contributed by atoms with E-state index in [0.717, 1.165) is 5.69 Å². The number of rotatable bonds is 2. The number of hydrogen-bond acceptors (Lipinski definition) is 2. The van der Waals surface area contributed by atoms with E-state index < -0.39 is 0 Å². The Morgan fingerprint density at radius 1 is 0.246 bits per heavy atom. The van der Waals surface area contributed by atoms with Crippen molar-refractivity contribution in [1.29, 1.82) is 0 Å². The van der Waals surface area contributed by atoms with Gasteiger partial charge in [-0.05, 0) is 140 Å². The van der Waals surface area contributed by atoms with Gasteiger partial charge in [0, 0.05) is 33.8 Å². The minimum Gasteiger partial charge on any atom is -0.311 e. The molecule has 2 nitrogen and oxygen atoms in total. The van der Waals surface area contributed by atoms with Crippen molar-refractivity contribution in [2.24, 2.45) is 0 Å². The van der Waals surface area contributed by atoms with Crippen LogP contribution in [0.3, 0.4) is 0 Å². The third-order valence-corrected chi connectivity index (χ3v) is 14.7. The zero-order valence-electron chi connectivity index (χ0n) is 35.3. The largest absolute Gasteiger partial charge is 0.311 e. The molecule has 2 heterocycles. The van der Waals surface area contributed by atoms with Crippen molar-refractivity contribution in [3.05, 3.63) is 224 Å². The molecule has 0 saturated heterocycles. The van der Waals surface area contributed by atoms with Crippen LogP contribution in [-0.2, 0) is 0 Å². The zero-order chi connectivity index (χ0) is 42.3. The predicted molar refractivity (Wildman–Crippen MR) is 281 cm³/mol. The van der Waals surface area contributed by atoms with Crippen molar-refractivity contribution in [3.63, 3.8) is 0 Å². The summed E-state index contributed by atoms with van der Waals surface area (Å²) in [6.45, 7) is -0.00862. The SMILES string of the molecule is c1cc2c3c(c1)N(c1cccc4c5ccccc5c5ccccc5c14)c1cc4ccccc4cc1B3c1cc3ccccc3cc1N2c1ccc2c3ccccc3c3ccccc3c2c1. The lowest BCUT2D eigenvalue weighted by molar-refractivity contribution is 1.27. The standard InChI is InChI=1S/C62H37BN2/c1-3-17-40-35-59-54(33-38(40)15-1)63-55-34-39-16-2-4-18-41(39)36-60(55)65(56-28-13-27-52-48-23-9-7-22-46(48)47-24-11-12-26-51(47)61(52)56)58-30-14-29-57(62(58)63)64(59)42-31-32-50-45-21-6-5-19-43(45)44-20-8-10-25-49(44)53(50)37-42/h1-37H. The average molecular weight is 821 g/mol. The van der Waals surface area contributed by atoms with Crippen molar-refractivity contribution >= 4 is 143 Å². The molecule has 2 aliphatic rings. The molecule has 0 atom stereocenters. The van der Waals surface area contributed by atoms with Crippen LogP contribution in [0.4, 0.5) is 34.1 Å². The summed E-state index contributed by atoms with van der Waals surface area (Å²) in [5.74, 6) is 0. The van der Waals surface area contributed by atoms with Crippen LogP contribution in [0.25, 0.3) is 86.2 Å². The van der Waals surface area contributed by atoms with Gasteiger partial charge < -0.3 is 9.80 Å². The topological polar surface area (TPSA) is 6.48 Å². The number of benzene rings is 13. The van der Waals surface area contributed by atoms with E-state index in [1.165, 1.54) is 131 Å². The first-order valence-electron chi connectivity index (χ1n) is 22.7. The summed E-state index contributed by atoms with van der Waals surface area (Å²) in [6.07, 6.45) is 0. The second-order valence-corrected chi connectivity index (χ2v) is 17.9. The summed E-state index contributed by atoms with van der Waals surface area (Å²) in [7, 11) is 0. The smallest absolute Gasteiger partial charge is 0.252 e. The Kier molecular flexibility index (Phi) is 7.06. The van der Waals surface area contributed by atoms with Crippen molar-refractivity contribution < 1.29 is 0 Å². The van der Waals surface area contributed by atoms with Gasteiger partial charge in [0.25, 0.3) is 6.71 Å². The Morgan fingerprint density at radius 2 is 0.615 bits per heavy atom. The lowest BCUT2D eigenvalue weighted by Gasteiger charge is -2.44. The first kappa shape index (κ1) is 35.1. The van der Waals surface area contributed by atoms with Crippen LogP contribution < -0.4 is 26.2 Å². The summed E-state index contributed by atoms with van der Waals surface area (Å²) in [5, 5.41) is 20.3. The quantitative estimate of drug-likeness (QED) is 0.127. The molecule has 0 bridgehead atoms. The predicted octanol–water partition coefficient (Wildman–Crippen LogP) is 15.0. The van der Waals surface area contributed by atoms with E-state index in [-0.39, 0.29) is 6.71 Å². The van der Waals surface area contributed by atoms with Crippen LogP contribution in [0.2, 0.25) is 0 Å². The van der Waals surface area contributed by atoms with Crippen molar-refractivity contribution in [1.82, 2.24) is 0 Å². The summed E-state index contributed by atoms with van der Waals surface area (Å²) in [6, 6.07) is 84.4. The highest BCUT2D eigenvalue weighted by Crippen LogP contribution is 2.49. The van der Waals surface area contributed by atoms with Crippen LogP contribution in [0, 0.1) is 0 Å². The lowest BCUT2D eigenvalue weighted by atomic mass is 9.33. The fourth-order valence-corrected chi connectivity index (χ4v) is 12.0. The molecule has 0 spiro atoms. The van der Waals surface area contributed by atoms with Crippen molar-refractivity contribution in [3.8, 4) is 0 Å². The second kappa shape index (κ2) is 13.1. The van der Waals surface area contributed by atoms with Crippen LogP contribution in [0.15, 0.2) is 224 Å². The number of nitrogens with zero attached hydrogens (tertiary/aromatic N) is 2. The molecule has 0 N–H and O–H groups in total. The molecule has 0 unspecified atom stereocenters. The number of fused-ring (bicyclic) bond motifs is 18. The summed E-state index contributed by atoms with van der Waals surface area (Å²) < 4.78 is 0. The van der Waals surface area contributed by atoms with Crippen LogP contribution in [0.1, 0.15) is 0 Å². The molecule has 15 rings (SSSR count). The summed E-state index contributed by atoms with van der Waals surface area (Å²) in [5.41, 5.74) is 11.2. The zero-order valence-corrected chi connectivity index (χ0v) is 35.3. The highest BCUT2D eigenvalue weighted by Gasteiger charge is 2.44. The van der Waals surface area contributed by atoms with Gasteiger partial charge in [-0.2, -0.15) is 0 Å². The molecule has 13 aromatic rings. The van der Waals surface area contributed by atoms with E-state index >= 15 is 0 Å². The molecule has 0 amide bonds. The molecule has 298 valence electrons. The van der Waals surface area contributed by atoms with E-state index in [1.54, 1.807) is 0 Å². The molecule has 0 radical (unpaired) electrons. The molecule has 13 aromatic carbocycles. The van der Waals surface area contributed by atoms with Crippen LogP contribution >= 0.6 is 0 Å². The first-order chi connectivity index (χ1) is 32.3. The van der Waals surface area contributed by atoms with Crippen LogP contribution in [-0.4, -0.2) is 6.71 Å². The normalized spacial score (nSPS) is 13.1. The maximum Gasteiger partial charge on any atom is 0.252 e. The molecule has 0 aliphatic carbocycles. The Labute approximate surface area is 375 Å². The first-order valence-corrected chi connectivity index (χ1v) is 22.7. The number of anilines is 6. The van der Waals surface area contributed by atoms with E-state index in [1.807, 2.05) is 0 Å². The summed E-state index contributed by atoms with van der Waals surface area (Å²) in [4.78, 5) is 5.17. The van der Waals surface area contributed by atoms with Gasteiger partial charge in [0.15, 0.2) is 0 Å². The molecule has 0 saturated carbocycles. The Morgan fingerprint density at radius 3 is 1.15 bits per heavy atom. The lowest BCUT2D eigenvalue weighted by Crippen LogP contribution is -2.61. The van der Waals surface area contributed by atoms with Gasteiger partial charge in [-0.15, -0.1) is 0 Å². The molecule has 2 aliphatic heterocycles. The van der Waals surface area contributed by atoms with Gasteiger partial charge in [-0.3, -0.25) is 0 Å².